The summed E-state index contributed by atoms with van der Waals surface area (Å²) in [5.41, 5.74) is 3.54. The van der Waals surface area contributed by atoms with Gasteiger partial charge in [0.2, 0.25) is 15.9 Å². The van der Waals surface area contributed by atoms with E-state index in [-0.39, 0.29) is 10.8 Å². The van der Waals surface area contributed by atoms with Crippen LogP contribution in [0.25, 0.3) is 22.1 Å². The van der Waals surface area contributed by atoms with Crippen LogP contribution in [0.5, 0.6) is 0 Å². The summed E-state index contributed by atoms with van der Waals surface area (Å²) in [5, 5.41) is 2.98. The van der Waals surface area contributed by atoms with Gasteiger partial charge < -0.3 is 14.5 Å². The van der Waals surface area contributed by atoms with Gasteiger partial charge in [0.25, 0.3) is 0 Å². The van der Waals surface area contributed by atoms with Crippen molar-refractivity contribution in [1.82, 2.24) is 28.7 Å². The lowest BCUT2D eigenvalue weighted by Gasteiger charge is -2.11. The van der Waals surface area contributed by atoms with Gasteiger partial charge in [0.05, 0.1) is 33.3 Å². The van der Waals surface area contributed by atoms with Gasteiger partial charge in [-0.2, -0.15) is 0 Å². The molecule has 10 heteroatoms. The number of aromatic nitrogens is 4. The molecule has 1 amide bonds. The number of fused-ring (bicyclic) bond motifs is 2. The second-order valence-electron chi connectivity index (χ2n) is 8.34. The van der Waals surface area contributed by atoms with Crippen LogP contribution in [-0.4, -0.2) is 58.4 Å². The zero-order chi connectivity index (χ0) is 24.3. The smallest absolute Gasteiger partial charge is 0.242 e. The number of carbonyl (C=O) groups is 1. The molecule has 0 aliphatic carbocycles. The molecule has 2 heterocycles. The van der Waals surface area contributed by atoms with E-state index in [1.165, 1.54) is 18.4 Å². The lowest BCUT2D eigenvalue weighted by molar-refractivity contribution is -0.121. The van der Waals surface area contributed by atoms with Crippen molar-refractivity contribution in [2.75, 3.05) is 20.6 Å². The Kier molecular flexibility index (Phi) is 6.99. The Morgan fingerprint density at radius 3 is 2.65 bits per heavy atom. The van der Waals surface area contributed by atoms with Gasteiger partial charge in [0.1, 0.15) is 5.82 Å². The number of rotatable bonds is 10. The van der Waals surface area contributed by atoms with Crippen molar-refractivity contribution >= 4 is 38.0 Å². The molecular weight excluding hydrogens is 452 g/mol. The SMILES string of the molecule is CCn1c(CCC(=O)NCCCn2cnc3ccccc32)nc2cc(S(=O)(=O)N(C)C)ccc21. The number of benzene rings is 2. The van der Waals surface area contributed by atoms with E-state index >= 15 is 0 Å². The lowest BCUT2D eigenvalue weighted by atomic mass is 10.2. The average molecular weight is 483 g/mol. The molecule has 0 atom stereocenters. The largest absolute Gasteiger partial charge is 0.356 e. The first kappa shape index (κ1) is 23.9. The molecule has 4 rings (SSSR count). The van der Waals surface area contributed by atoms with Crippen LogP contribution in [0.2, 0.25) is 0 Å². The summed E-state index contributed by atoms with van der Waals surface area (Å²) in [6, 6.07) is 13.0. The van der Waals surface area contributed by atoms with Crippen molar-refractivity contribution in [3.05, 3.63) is 54.6 Å². The predicted molar refractivity (Wildman–Crippen MR) is 132 cm³/mol. The third-order valence-corrected chi connectivity index (χ3v) is 7.71. The highest BCUT2D eigenvalue weighted by Crippen LogP contribution is 2.22. The molecule has 1 N–H and O–H groups in total. The monoisotopic (exact) mass is 482 g/mol. The maximum atomic E-state index is 12.5. The van der Waals surface area contributed by atoms with Crippen molar-refractivity contribution in [1.29, 1.82) is 0 Å². The van der Waals surface area contributed by atoms with E-state index in [4.69, 9.17) is 0 Å². The van der Waals surface area contributed by atoms with Crippen LogP contribution < -0.4 is 5.32 Å². The minimum Gasteiger partial charge on any atom is -0.356 e. The molecule has 2 aromatic carbocycles. The molecule has 2 aromatic heterocycles. The molecule has 0 radical (unpaired) electrons. The first-order chi connectivity index (χ1) is 16.3. The van der Waals surface area contributed by atoms with Crippen molar-refractivity contribution in [3.63, 3.8) is 0 Å². The predicted octanol–water partition coefficient (Wildman–Crippen LogP) is 2.80. The van der Waals surface area contributed by atoms with Crippen LogP contribution in [-0.2, 0) is 34.3 Å². The summed E-state index contributed by atoms with van der Waals surface area (Å²) in [6.45, 7) is 4.06. The van der Waals surface area contributed by atoms with Crippen molar-refractivity contribution in [2.45, 2.75) is 44.2 Å². The van der Waals surface area contributed by atoms with Crippen molar-refractivity contribution in [2.24, 2.45) is 0 Å². The van der Waals surface area contributed by atoms with E-state index in [0.29, 0.717) is 31.4 Å². The van der Waals surface area contributed by atoms with Gasteiger partial charge in [0, 0.05) is 46.6 Å². The zero-order valence-corrected chi connectivity index (χ0v) is 20.5. The fourth-order valence-corrected chi connectivity index (χ4v) is 4.98. The Morgan fingerprint density at radius 2 is 1.88 bits per heavy atom. The maximum absolute atomic E-state index is 12.5. The number of amides is 1. The van der Waals surface area contributed by atoms with Crippen molar-refractivity contribution < 1.29 is 13.2 Å². The van der Waals surface area contributed by atoms with Gasteiger partial charge >= 0.3 is 0 Å². The first-order valence-corrected chi connectivity index (χ1v) is 12.8. The highest BCUT2D eigenvalue weighted by atomic mass is 32.2. The minimum absolute atomic E-state index is 0.0268. The Bertz CT molecular complexity index is 1420. The molecule has 0 fully saturated rings. The van der Waals surface area contributed by atoms with E-state index in [9.17, 15) is 13.2 Å². The number of hydrogen-bond donors (Lipinski definition) is 1. The van der Waals surface area contributed by atoms with Crippen LogP contribution in [0, 0.1) is 0 Å². The number of hydrogen-bond acceptors (Lipinski definition) is 5. The van der Waals surface area contributed by atoms with Crippen LogP contribution >= 0.6 is 0 Å². The number of carbonyl (C=O) groups excluding carboxylic acids is 1. The van der Waals surface area contributed by atoms with Crippen LogP contribution in [0.1, 0.15) is 25.6 Å². The third-order valence-electron chi connectivity index (χ3n) is 5.89. The van der Waals surface area contributed by atoms with E-state index in [2.05, 4.69) is 19.9 Å². The Morgan fingerprint density at radius 1 is 1.09 bits per heavy atom. The average Bonchev–Trinajstić information content (AvgIpc) is 3.40. The molecule has 9 nitrogen and oxygen atoms in total. The molecule has 0 saturated carbocycles. The number of aryl methyl sites for hydroxylation is 3. The van der Waals surface area contributed by atoms with Crippen LogP contribution in [0.4, 0.5) is 0 Å². The second kappa shape index (κ2) is 9.94. The highest BCUT2D eigenvalue weighted by molar-refractivity contribution is 7.89. The normalized spacial score (nSPS) is 12.1. The number of nitrogens with one attached hydrogen (secondary N) is 1. The number of para-hydroxylation sites is 2. The molecule has 0 spiro atoms. The highest BCUT2D eigenvalue weighted by Gasteiger charge is 2.19. The van der Waals surface area contributed by atoms with Gasteiger partial charge in [-0.15, -0.1) is 0 Å². The summed E-state index contributed by atoms with van der Waals surface area (Å²) in [7, 11) is -0.520. The van der Waals surface area contributed by atoms with E-state index in [0.717, 1.165) is 35.3 Å². The van der Waals surface area contributed by atoms with Gasteiger partial charge in [0.15, 0.2) is 0 Å². The van der Waals surface area contributed by atoms with Gasteiger partial charge in [-0.3, -0.25) is 4.79 Å². The van der Waals surface area contributed by atoms with Crippen LogP contribution in [0.3, 0.4) is 0 Å². The molecule has 0 bridgehead atoms. The number of sulfonamides is 1. The summed E-state index contributed by atoms with van der Waals surface area (Å²) in [5.74, 6) is 0.748. The zero-order valence-electron chi connectivity index (χ0n) is 19.7. The molecule has 4 aromatic rings. The Balaban J connectivity index is 1.34. The van der Waals surface area contributed by atoms with Gasteiger partial charge in [-0.05, 0) is 43.7 Å². The quantitative estimate of drug-likeness (QED) is 0.350. The standard InChI is InChI=1S/C24H30N6O3S/c1-4-30-22-11-10-18(34(32,33)28(2)3)16-20(22)27-23(30)12-13-24(31)25-14-7-15-29-17-26-19-8-5-6-9-21(19)29/h5-6,8-11,16-17H,4,7,12-15H2,1-3H3,(H,25,31). The van der Waals surface area contributed by atoms with E-state index in [1.54, 1.807) is 18.2 Å². The maximum Gasteiger partial charge on any atom is 0.242 e. The topological polar surface area (TPSA) is 102 Å². The third kappa shape index (κ3) is 4.83. The molecule has 0 aliphatic heterocycles. The summed E-state index contributed by atoms with van der Waals surface area (Å²) < 4.78 is 30.2. The molecule has 0 unspecified atom stereocenters. The lowest BCUT2D eigenvalue weighted by Crippen LogP contribution is -2.25. The van der Waals surface area contributed by atoms with E-state index < -0.39 is 10.0 Å². The molecule has 0 saturated heterocycles. The Labute approximate surface area is 199 Å². The number of imidazole rings is 2. The second-order valence-corrected chi connectivity index (χ2v) is 10.5. The molecule has 0 aliphatic rings. The molecular formula is C24H30N6O3S. The van der Waals surface area contributed by atoms with Crippen molar-refractivity contribution in [3.8, 4) is 0 Å². The van der Waals surface area contributed by atoms with E-state index in [1.807, 2.05) is 42.1 Å². The fourth-order valence-electron chi connectivity index (χ4n) is 4.05. The molecule has 180 valence electrons. The van der Waals surface area contributed by atoms with Crippen LogP contribution in [0.15, 0.2) is 53.7 Å². The Hall–Kier alpha value is -3.24. The minimum atomic E-state index is -3.53. The number of nitrogens with zero attached hydrogens (tertiary/aromatic N) is 5. The summed E-state index contributed by atoms with van der Waals surface area (Å²) in [4.78, 5) is 21.6. The molecule has 34 heavy (non-hydrogen) atoms. The summed E-state index contributed by atoms with van der Waals surface area (Å²) >= 11 is 0. The van der Waals surface area contributed by atoms with Gasteiger partial charge in [-0.1, -0.05) is 12.1 Å². The van der Waals surface area contributed by atoms with Gasteiger partial charge in [-0.25, -0.2) is 22.7 Å². The first-order valence-electron chi connectivity index (χ1n) is 11.4. The fraction of sp³-hybridized carbons (Fsp3) is 0.375. The summed E-state index contributed by atoms with van der Waals surface area (Å²) in [6.07, 6.45) is 3.44.